The molecule has 1 aromatic carbocycles. The van der Waals surface area contributed by atoms with E-state index in [1.165, 1.54) is 16.7 Å². The Labute approximate surface area is 103 Å². The summed E-state index contributed by atoms with van der Waals surface area (Å²) in [5, 5.41) is 8.84. The first-order valence-electron chi connectivity index (χ1n) is 5.08. The molecule has 0 atom stereocenters. The topological polar surface area (TPSA) is 61.2 Å². The summed E-state index contributed by atoms with van der Waals surface area (Å²) in [7, 11) is 0. The molecular formula is C12H10N2O2S. The number of rotatable bonds is 1. The number of benzene rings is 1. The fourth-order valence-corrected chi connectivity index (χ4v) is 2.39. The molecule has 0 unspecified atom stereocenters. The van der Waals surface area contributed by atoms with Gasteiger partial charge in [-0.25, -0.2) is 4.90 Å². The summed E-state index contributed by atoms with van der Waals surface area (Å²) < 4.78 is 0. The number of hydrogen-bond acceptors (Lipinski definition) is 4. The minimum atomic E-state index is -0.218. The van der Waals surface area contributed by atoms with Crippen molar-refractivity contribution < 1.29 is 9.59 Å². The van der Waals surface area contributed by atoms with Crippen molar-refractivity contribution in [2.45, 2.75) is 6.92 Å². The highest BCUT2D eigenvalue weighted by atomic mass is 32.2. The van der Waals surface area contributed by atoms with Crippen LogP contribution in [0.25, 0.3) is 0 Å². The second-order valence-electron chi connectivity index (χ2n) is 3.73. The minimum absolute atomic E-state index is 0.218. The van der Waals surface area contributed by atoms with Crippen molar-refractivity contribution in [2.24, 2.45) is 0 Å². The van der Waals surface area contributed by atoms with Crippen molar-refractivity contribution in [1.82, 2.24) is 0 Å². The van der Waals surface area contributed by atoms with E-state index in [1.54, 1.807) is 18.2 Å². The van der Waals surface area contributed by atoms with E-state index in [0.29, 0.717) is 22.8 Å². The zero-order chi connectivity index (χ0) is 12.4. The molecule has 0 saturated carbocycles. The molecule has 1 saturated heterocycles. The van der Waals surface area contributed by atoms with E-state index < -0.39 is 0 Å². The molecule has 4 nitrogen and oxygen atoms in total. The van der Waals surface area contributed by atoms with E-state index in [1.807, 2.05) is 13.0 Å². The first kappa shape index (κ1) is 11.7. The molecule has 0 bridgehead atoms. The van der Waals surface area contributed by atoms with Gasteiger partial charge in [0.15, 0.2) is 0 Å². The highest BCUT2D eigenvalue weighted by Crippen LogP contribution is 2.25. The zero-order valence-corrected chi connectivity index (χ0v) is 10.1. The Morgan fingerprint density at radius 1 is 1.29 bits per heavy atom. The third-order valence-electron chi connectivity index (χ3n) is 2.53. The van der Waals surface area contributed by atoms with Gasteiger partial charge in [0.2, 0.25) is 11.8 Å². The average molecular weight is 246 g/mol. The lowest BCUT2D eigenvalue weighted by molar-refractivity contribution is -0.124. The van der Waals surface area contributed by atoms with Crippen LogP contribution in [0.5, 0.6) is 0 Å². The summed E-state index contributed by atoms with van der Waals surface area (Å²) >= 11 is 1.32. The van der Waals surface area contributed by atoms with Gasteiger partial charge in [-0.2, -0.15) is 5.26 Å². The van der Waals surface area contributed by atoms with Crippen LogP contribution in [0.4, 0.5) is 5.69 Å². The summed E-state index contributed by atoms with van der Waals surface area (Å²) in [6.45, 7) is 1.82. The van der Waals surface area contributed by atoms with Crippen LogP contribution in [0, 0.1) is 18.3 Å². The van der Waals surface area contributed by atoms with Gasteiger partial charge in [0.1, 0.15) is 0 Å². The van der Waals surface area contributed by atoms with Gasteiger partial charge in [0.05, 0.1) is 28.8 Å². The molecule has 2 amide bonds. The number of nitrogens with zero attached hydrogens (tertiary/aromatic N) is 2. The van der Waals surface area contributed by atoms with Gasteiger partial charge in [-0.05, 0) is 24.6 Å². The molecule has 0 spiro atoms. The van der Waals surface area contributed by atoms with Crippen molar-refractivity contribution in [3.8, 4) is 6.07 Å². The van der Waals surface area contributed by atoms with Gasteiger partial charge in [0.25, 0.3) is 0 Å². The third kappa shape index (κ3) is 2.17. The quantitative estimate of drug-likeness (QED) is 0.704. The van der Waals surface area contributed by atoms with Gasteiger partial charge in [0, 0.05) is 0 Å². The van der Waals surface area contributed by atoms with Crippen molar-refractivity contribution in [1.29, 1.82) is 5.26 Å². The summed E-state index contributed by atoms with van der Waals surface area (Å²) in [4.78, 5) is 24.7. The number of anilines is 1. The molecule has 17 heavy (non-hydrogen) atoms. The maximum absolute atomic E-state index is 11.8. The monoisotopic (exact) mass is 246 g/mol. The summed E-state index contributed by atoms with van der Waals surface area (Å²) in [5.74, 6) is 0.179. The normalized spacial score (nSPS) is 15.9. The van der Waals surface area contributed by atoms with Crippen LogP contribution in [-0.4, -0.2) is 23.3 Å². The molecule has 0 aliphatic carbocycles. The van der Waals surface area contributed by atoms with E-state index in [2.05, 4.69) is 0 Å². The Kier molecular flexibility index (Phi) is 3.16. The van der Waals surface area contributed by atoms with Crippen LogP contribution in [-0.2, 0) is 9.59 Å². The Balaban J connectivity index is 2.48. The first-order valence-corrected chi connectivity index (χ1v) is 6.23. The third-order valence-corrected chi connectivity index (χ3v) is 3.43. The summed E-state index contributed by atoms with van der Waals surface area (Å²) in [6.07, 6.45) is 0. The molecule has 86 valence electrons. The molecule has 0 aromatic heterocycles. The smallest absolute Gasteiger partial charge is 0.243 e. The van der Waals surface area contributed by atoms with E-state index in [-0.39, 0.29) is 11.8 Å². The summed E-state index contributed by atoms with van der Waals surface area (Å²) in [6, 6.07) is 7.01. The van der Waals surface area contributed by atoms with Gasteiger partial charge >= 0.3 is 0 Å². The Morgan fingerprint density at radius 3 is 2.53 bits per heavy atom. The Morgan fingerprint density at radius 2 is 1.94 bits per heavy atom. The number of aryl methyl sites for hydroxylation is 1. The molecule has 5 heteroatoms. The number of carbonyl (C=O) groups excluding carboxylic acids is 2. The lowest BCUT2D eigenvalue weighted by Gasteiger charge is -2.26. The maximum Gasteiger partial charge on any atom is 0.243 e. The van der Waals surface area contributed by atoms with Crippen LogP contribution >= 0.6 is 11.8 Å². The van der Waals surface area contributed by atoms with Gasteiger partial charge in [-0.15, -0.1) is 11.8 Å². The highest BCUT2D eigenvalue weighted by molar-refractivity contribution is 8.00. The Hall–Kier alpha value is -1.80. The number of imide groups is 1. The van der Waals surface area contributed by atoms with Crippen molar-refractivity contribution in [2.75, 3.05) is 16.4 Å². The van der Waals surface area contributed by atoms with Crippen LogP contribution in [0.3, 0.4) is 0 Å². The first-order chi connectivity index (χ1) is 8.13. The molecule has 1 heterocycles. The van der Waals surface area contributed by atoms with Crippen LogP contribution in [0.2, 0.25) is 0 Å². The number of carbonyl (C=O) groups is 2. The molecule has 1 aliphatic heterocycles. The molecule has 1 aliphatic rings. The number of thioether (sulfide) groups is 1. The SMILES string of the molecule is Cc1ccc(C#N)cc1N1C(=O)CSCC1=O. The predicted octanol–water partition coefficient (Wildman–Crippen LogP) is 1.47. The Bertz CT molecular complexity index is 518. The standard InChI is InChI=1S/C12H10N2O2S/c1-8-2-3-9(5-13)4-10(8)14-11(15)6-17-7-12(14)16/h2-4H,6-7H2,1H3. The summed E-state index contributed by atoms with van der Waals surface area (Å²) in [5.41, 5.74) is 1.79. The largest absolute Gasteiger partial charge is 0.273 e. The maximum atomic E-state index is 11.8. The van der Waals surface area contributed by atoms with E-state index in [4.69, 9.17) is 5.26 Å². The zero-order valence-electron chi connectivity index (χ0n) is 9.27. The number of hydrogen-bond donors (Lipinski definition) is 0. The van der Waals surface area contributed by atoms with Crippen LogP contribution in [0.15, 0.2) is 18.2 Å². The fraction of sp³-hybridized carbons (Fsp3) is 0.250. The van der Waals surface area contributed by atoms with E-state index >= 15 is 0 Å². The van der Waals surface area contributed by atoms with E-state index in [9.17, 15) is 9.59 Å². The van der Waals surface area contributed by atoms with E-state index in [0.717, 1.165) is 5.56 Å². The molecule has 2 rings (SSSR count). The van der Waals surface area contributed by atoms with Gasteiger partial charge < -0.3 is 0 Å². The molecule has 1 fully saturated rings. The minimum Gasteiger partial charge on any atom is -0.273 e. The van der Waals surface area contributed by atoms with Gasteiger partial charge in [-0.1, -0.05) is 6.07 Å². The molecule has 1 aromatic rings. The van der Waals surface area contributed by atoms with Crippen molar-refractivity contribution >= 4 is 29.3 Å². The molecular weight excluding hydrogens is 236 g/mol. The van der Waals surface area contributed by atoms with Gasteiger partial charge in [-0.3, -0.25) is 9.59 Å². The lowest BCUT2D eigenvalue weighted by Crippen LogP contribution is -2.43. The number of nitriles is 1. The van der Waals surface area contributed by atoms with Crippen LogP contribution in [0.1, 0.15) is 11.1 Å². The average Bonchev–Trinajstić information content (AvgIpc) is 2.31. The highest BCUT2D eigenvalue weighted by Gasteiger charge is 2.28. The predicted molar refractivity (Wildman–Crippen MR) is 65.7 cm³/mol. The fourth-order valence-electron chi connectivity index (χ4n) is 1.68. The number of amides is 2. The van der Waals surface area contributed by atoms with Crippen molar-refractivity contribution in [3.63, 3.8) is 0 Å². The van der Waals surface area contributed by atoms with Crippen molar-refractivity contribution in [3.05, 3.63) is 29.3 Å². The lowest BCUT2D eigenvalue weighted by atomic mass is 10.1. The molecule has 0 N–H and O–H groups in total. The molecule has 0 radical (unpaired) electrons. The second kappa shape index (κ2) is 4.60. The van der Waals surface area contributed by atoms with Crippen LogP contribution < -0.4 is 4.90 Å². The second-order valence-corrected chi connectivity index (χ2v) is 4.71.